The van der Waals surface area contributed by atoms with Crippen molar-refractivity contribution in [2.45, 2.75) is 19.4 Å². The van der Waals surface area contributed by atoms with Gasteiger partial charge in [0.05, 0.1) is 6.61 Å². The predicted octanol–water partition coefficient (Wildman–Crippen LogP) is 2.28. The Balaban J connectivity index is 2.00. The number of ether oxygens (including phenoxy) is 1. The third-order valence-electron chi connectivity index (χ3n) is 4.54. The van der Waals surface area contributed by atoms with E-state index in [-0.39, 0.29) is 17.8 Å². The van der Waals surface area contributed by atoms with E-state index in [0.717, 1.165) is 12.8 Å². The molecule has 134 valence electrons. The van der Waals surface area contributed by atoms with Crippen molar-refractivity contribution in [1.29, 1.82) is 0 Å². The Morgan fingerprint density at radius 1 is 1.46 bits per heavy atom. The van der Waals surface area contributed by atoms with Gasteiger partial charge in [-0.1, -0.05) is 17.7 Å². The van der Waals surface area contributed by atoms with Crippen LogP contribution in [0.15, 0.2) is 23.2 Å². The van der Waals surface area contributed by atoms with Crippen molar-refractivity contribution in [1.82, 2.24) is 10.2 Å². The average molecular weight is 358 g/mol. The minimum Gasteiger partial charge on any atom is -0.396 e. The van der Waals surface area contributed by atoms with Gasteiger partial charge in [0.1, 0.15) is 5.82 Å². The molecule has 1 aromatic rings. The van der Waals surface area contributed by atoms with Gasteiger partial charge in [0.2, 0.25) is 0 Å². The van der Waals surface area contributed by atoms with Crippen molar-refractivity contribution in [3.63, 3.8) is 0 Å². The van der Waals surface area contributed by atoms with Gasteiger partial charge in [0, 0.05) is 56.4 Å². The number of hydrogen-bond donors (Lipinski definition) is 2. The topological polar surface area (TPSA) is 57.1 Å². The normalized spacial score (nSPS) is 17.6. The summed E-state index contributed by atoms with van der Waals surface area (Å²) in [4.78, 5) is 6.06. The number of rotatable bonds is 5. The van der Waals surface area contributed by atoms with Crippen molar-refractivity contribution in [3.05, 3.63) is 34.6 Å². The van der Waals surface area contributed by atoms with Crippen LogP contribution in [-0.4, -0.2) is 56.4 Å². The number of nitrogens with zero attached hydrogens (tertiary/aromatic N) is 2. The van der Waals surface area contributed by atoms with E-state index in [4.69, 9.17) is 16.3 Å². The molecule has 0 unspecified atom stereocenters. The molecule has 1 fully saturated rings. The summed E-state index contributed by atoms with van der Waals surface area (Å²) < 4.78 is 19.3. The van der Waals surface area contributed by atoms with Crippen molar-refractivity contribution >= 4 is 17.6 Å². The molecule has 2 rings (SSSR count). The van der Waals surface area contributed by atoms with Crippen LogP contribution in [0.2, 0.25) is 5.02 Å². The minimum absolute atomic E-state index is 0.100. The van der Waals surface area contributed by atoms with E-state index in [0.29, 0.717) is 42.8 Å². The summed E-state index contributed by atoms with van der Waals surface area (Å²) in [6.45, 7) is 2.31. The lowest BCUT2D eigenvalue weighted by molar-refractivity contribution is -0.0134. The smallest absolute Gasteiger partial charge is 0.193 e. The van der Waals surface area contributed by atoms with Crippen molar-refractivity contribution in [3.8, 4) is 0 Å². The van der Waals surface area contributed by atoms with Gasteiger partial charge in [0.25, 0.3) is 0 Å². The van der Waals surface area contributed by atoms with Crippen LogP contribution in [0.3, 0.4) is 0 Å². The summed E-state index contributed by atoms with van der Waals surface area (Å²) >= 11 is 6.09. The number of benzene rings is 1. The molecule has 1 aromatic carbocycles. The molecule has 0 saturated carbocycles. The Kier molecular flexibility index (Phi) is 6.83. The standard InChI is InChI=1S/C17H25ClFN3O2/c1-20-16(21-11-17(12-23)6-8-24-9-7-17)22(2)10-13-14(18)4-3-5-15(13)19/h3-5,23H,6-12H2,1-2H3,(H,20,21). The van der Waals surface area contributed by atoms with Gasteiger partial charge in [-0.2, -0.15) is 0 Å². The Bertz CT molecular complexity index is 557. The first-order chi connectivity index (χ1) is 11.5. The minimum atomic E-state index is -0.332. The fraction of sp³-hybridized carbons (Fsp3) is 0.588. The van der Waals surface area contributed by atoms with Crippen LogP contribution in [0.4, 0.5) is 4.39 Å². The summed E-state index contributed by atoms with van der Waals surface area (Å²) in [5.41, 5.74) is 0.234. The molecule has 5 nitrogen and oxygen atoms in total. The molecule has 24 heavy (non-hydrogen) atoms. The third kappa shape index (κ3) is 4.59. The zero-order chi connectivity index (χ0) is 17.6. The molecule has 1 saturated heterocycles. The molecule has 1 aliphatic rings. The van der Waals surface area contributed by atoms with Crippen molar-refractivity contribution in [2.75, 3.05) is 40.5 Å². The number of guanidine groups is 1. The van der Waals surface area contributed by atoms with Gasteiger partial charge in [-0.25, -0.2) is 4.39 Å². The fourth-order valence-electron chi connectivity index (χ4n) is 2.84. The molecule has 0 radical (unpaired) electrons. The molecule has 0 spiro atoms. The van der Waals surface area contributed by atoms with Crippen LogP contribution in [0.1, 0.15) is 18.4 Å². The van der Waals surface area contributed by atoms with Crippen LogP contribution in [0, 0.1) is 11.2 Å². The molecule has 0 aliphatic carbocycles. The van der Waals surface area contributed by atoms with Gasteiger partial charge in [-0.15, -0.1) is 0 Å². The van der Waals surface area contributed by atoms with Crippen molar-refractivity contribution < 1.29 is 14.2 Å². The number of halogens is 2. The summed E-state index contributed by atoms with van der Waals surface area (Å²) in [5, 5.41) is 13.4. The molecule has 0 bridgehead atoms. The van der Waals surface area contributed by atoms with E-state index in [2.05, 4.69) is 10.3 Å². The van der Waals surface area contributed by atoms with Crippen molar-refractivity contribution in [2.24, 2.45) is 10.4 Å². The molecule has 1 heterocycles. The Morgan fingerprint density at radius 2 is 2.17 bits per heavy atom. The Hall–Kier alpha value is -1.37. The number of aliphatic hydroxyl groups is 1. The van der Waals surface area contributed by atoms with E-state index in [1.807, 2.05) is 11.9 Å². The highest BCUT2D eigenvalue weighted by Crippen LogP contribution is 2.29. The highest BCUT2D eigenvalue weighted by atomic mass is 35.5. The second-order valence-corrected chi connectivity index (χ2v) is 6.63. The Morgan fingerprint density at radius 3 is 2.75 bits per heavy atom. The van der Waals surface area contributed by atoms with Crippen LogP contribution < -0.4 is 5.32 Å². The van der Waals surface area contributed by atoms with E-state index in [1.54, 1.807) is 19.2 Å². The molecule has 7 heteroatoms. The Labute approximate surface area is 147 Å². The lowest BCUT2D eigenvalue weighted by Gasteiger charge is -2.36. The van der Waals surface area contributed by atoms with Crippen LogP contribution in [-0.2, 0) is 11.3 Å². The summed E-state index contributed by atoms with van der Waals surface area (Å²) in [7, 11) is 3.51. The zero-order valence-corrected chi connectivity index (χ0v) is 14.9. The third-order valence-corrected chi connectivity index (χ3v) is 4.89. The largest absolute Gasteiger partial charge is 0.396 e. The molecule has 2 N–H and O–H groups in total. The van der Waals surface area contributed by atoms with Gasteiger partial charge in [-0.3, -0.25) is 4.99 Å². The van der Waals surface area contributed by atoms with Crippen LogP contribution in [0.25, 0.3) is 0 Å². The fourth-order valence-corrected chi connectivity index (χ4v) is 3.06. The number of hydrogen-bond acceptors (Lipinski definition) is 3. The van der Waals surface area contributed by atoms with Crippen LogP contribution >= 0.6 is 11.6 Å². The van der Waals surface area contributed by atoms with Gasteiger partial charge in [0.15, 0.2) is 5.96 Å². The highest BCUT2D eigenvalue weighted by molar-refractivity contribution is 6.31. The second kappa shape index (κ2) is 8.65. The van der Waals surface area contributed by atoms with E-state index in [1.165, 1.54) is 6.07 Å². The van der Waals surface area contributed by atoms with E-state index in [9.17, 15) is 9.50 Å². The maximum Gasteiger partial charge on any atom is 0.193 e. The first-order valence-corrected chi connectivity index (χ1v) is 8.42. The first-order valence-electron chi connectivity index (χ1n) is 8.04. The average Bonchev–Trinajstić information content (AvgIpc) is 2.59. The zero-order valence-electron chi connectivity index (χ0n) is 14.2. The van der Waals surface area contributed by atoms with E-state index >= 15 is 0 Å². The maximum atomic E-state index is 14.0. The first kappa shape index (κ1) is 19.0. The van der Waals surface area contributed by atoms with Crippen LogP contribution in [0.5, 0.6) is 0 Å². The van der Waals surface area contributed by atoms with Gasteiger partial charge in [-0.05, 0) is 25.0 Å². The molecular weight excluding hydrogens is 333 g/mol. The molecule has 0 amide bonds. The summed E-state index contributed by atoms with van der Waals surface area (Å²) in [6, 6.07) is 4.66. The number of nitrogens with one attached hydrogen (secondary N) is 1. The summed E-state index contributed by atoms with van der Waals surface area (Å²) in [6.07, 6.45) is 1.60. The number of aliphatic hydroxyl groups excluding tert-OH is 1. The second-order valence-electron chi connectivity index (χ2n) is 6.23. The van der Waals surface area contributed by atoms with Gasteiger partial charge < -0.3 is 20.1 Å². The van der Waals surface area contributed by atoms with Gasteiger partial charge >= 0.3 is 0 Å². The molecular formula is C17H25ClFN3O2. The molecule has 0 aromatic heterocycles. The molecule has 1 aliphatic heterocycles. The number of aliphatic imine (C=N–C) groups is 1. The lowest BCUT2D eigenvalue weighted by Crippen LogP contribution is -2.47. The monoisotopic (exact) mass is 357 g/mol. The van der Waals surface area contributed by atoms with E-state index < -0.39 is 0 Å². The maximum absolute atomic E-state index is 14.0. The lowest BCUT2D eigenvalue weighted by atomic mass is 9.81. The highest BCUT2D eigenvalue weighted by Gasteiger charge is 2.32. The SMILES string of the molecule is CN=C(NCC1(CO)CCOCC1)N(C)Cc1c(F)cccc1Cl. The quantitative estimate of drug-likeness (QED) is 0.627. The molecule has 0 atom stereocenters. The predicted molar refractivity (Wildman–Crippen MR) is 93.8 cm³/mol. The summed E-state index contributed by atoms with van der Waals surface area (Å²) in [5.74, 6) is 0.301.